The van der Waals surface area contributed by atoms with E-state index in [4.69, 9.17) is 0 Å². The number of anilines is 1. The van der Waals surface area contributed by atoms with Crippen LogP contribution in [-0.4, -0.2) is 51.5 Å². The number of allylic oxidation sites excluding steroid dienone is 4. The van der Waals surface area contributed by atoms with Gasteiger partial charge in [-0.2, -0.15) is 5.10 Å². The first-order valence-electron chi connectivity index (χ1n) is 15.8. The Bertz CT molecular complexity index is 1380. The van der Waals surface area contributed by atoms with E-state index in [9.17, 15) is 19.8 Å². The van der Waals surface area contributed by atoms with E-state index >= 15 is 4.39 Å². The van der Waals surface area contributed by atoms with Crippen LogP contribution < -0.4 is 10.7 Å². The summed E-state index contributed by atoms with van der Waals surface area (Å²) in [6, 6.07) is 7.09. The van der Waals surface area contributed by atoms with E-state index in [1.807, 2.05) is 32.9 Å². The molecule has 0 heterocycles. The Morgan fingerprint density at radius 1 is 1.14 bits per heavy atom. The summed E-state index contributed by atoms with van der Waals surface area (Å²) < 4.78 is 17.6. The van der Waals surface area contributed by atoms with Crippen LogP contribution >= 0.6 is 0 Å². The number of ketones is 1. The highest BCUT2D eigenvalue weighted by Gasteiger charge is 2.75. The summed E-state index contributed by atoms with van der Waals surface area (Å²) in [6.07, 6.45) is 6.21. The molecule has 43 heavy (non-hydrogen) atoms. The molecular weight excluding hydrogens is 545 g/mol. The highest BCUT2D eigenvalue weighted by Crippen LogP contribution is 2.70. The fourth-order valence-electron chi connectivity index (χ4n) is 8.76. The number of carbonyl (C=O) groups excluding carboxylic acids is 2. The van der Waals surface area contributed by atoms with E-state index in [1.54, 1.807) is 37.3 Å². The summed E-state index contributed by atoms with van der Waals surface area (Å²) in [6.45, 7) is 14.2. The first kappa shape index (κ1) is 31.6. The van der Waals surface area contributed by atoms with E-state index in [-0.39, 0.29) is 41.8 Å². The lowest BCUT2D eigenvalue weighted by Crippen LogP contribution is -2.69. The molecule has 0 aromatic heterocycles. The molecule has 0 spiro atoms. The minimum Gasteiger partial charge on any atom is -0.390 e. The first-order chi connectivity index (χ1) is 20.0. The number of fused-ring (bicyclic) bond motifs is 5. The second kappa shape index (κ2) is 10.7. The topological polar surface area (TPSA) is 111 Å². The number of hydrogen-bond donors (Lipinski definition) is 4. The number of hydrogen-bond acceptors (Lipinski definition) is 6. The Balaban J connectivity index is 1.34. The number of nitrogens with zero attached hydrogens (tertiary/aromatic N) is 1. The number of hydrazone groups is 1. The third kappa shape index (κ3) is 4.80. The Morgan fingerprint density at radius 3 is 2.44 bits per heavy atom. The predicted molar refractivity (Wildman–Crippen MR) is 167 cm³/mol. The maximum Gasteiger partial charge on any atom is 0.251 e. The van der Waals surface area contributed by atoms with Gasteiger partial charge >= 0.3 is 0 Å². The molecule has 0 saturated heterocycles. The van der Waals surface area contributed by atoms with Crippen LogP contribution in [0.4, 0.5) is 10.1 Å². The summed E-state index contributed by atoms with van der Waals surface area (Å²) in [5.41, 5.74) is 0.455. The van der Waals surface area contributed by atoms with Crippen molar-refractivity contribution in [2.24, 2.45) is 39.1 Å². The lowest BCUT2D eigenvalue weighted by molar-refractivity contribution is -0.218. The number of benzene rings is 1. The minimum absolute atomic E-state index is 0.00244. The van der Waals surface area contributed by atoms with Crippen molar-refractivity contribution in [1.29, 1.82) is 0 Å². The van der Waals surface area contributed by atoms with Crippen molar-refractivity contribution >= 4 is 23.1 Å². The smallest absolute Gasteiger partial charge is 0.251 e. The Labute approximate surface area is 255 Å². The molecule has 8 heteroatoms. The number of aliphatic hydroxyl groups is 2. The molecule has 0 radical (unpaired) electrons. The first-order valence-corrected chi connectivity index (χ1v) is 15.8. The Hall–Kier alpha value is -2.84. The van der Waals surface area contributed by atoms with Crippen molar-refractivity contribution in [3.05, 3.63) is 53.6 Å². The number of halogens is 1. The summed E-state index contributed by atoms with van der Waals surface area (Å²) in [7, 11) is 0. The minimum atomic E-state index is -1.93. The molecule has 0 bridgehead atoms. The number of amides is 1. The molecule has 3 fully saturated rings. The van der Waals surface area contributed by atoms with Crippen LogP contribution in [0.3, 0.4) is 0 Å². The maximum absolute atomic E-state index is 17.6. The molecule has 4 N–H and O–H groups in total. The summed E-state index contributed by atoms with van der Waals surface area (Å²) >= 11 is 0. The lowest BCUT2D eigenvalue weighted by Gasteiger charge is -2.62. The van der Waals surface area contributed by atoms with Crippen LogP contribution in [-0.2, 0) is 4.79 Å². The SMILES string of the molecule is CCC(=O)[C@@]1(O)[C@H](C)C[C@H]2[C@@H]3CCC4=C/C(=N/Nc5ccc(C(=O)NCC(C)(C)C)cc5)C=C[C@]4(C)[C@@]3(F)[C@@H](O)C[C@@]21C. The van der Waals surface area contributed by atoms with Crippen LogP contribution in [0.2, 0.25) is 0 Å². The number of rotatable bonds is 6. The van der Waals surface area contributed by atoms with Crippen molar-refractivity contribution in [3.8, 4) is 0 Å². The summed E-state index contributed by atoms with van der Waals surface area (Å²) in [4.78, 5) is 25.5. The molecule has 5 rings (SSSR count). The monoisotopic (exact) mass is 593 g/mol. The van der Waals surface area contributed by atoms with E-state index in [1.165, 1.54) is 0 Å². The van der Waals surface area contributed by atoms with Crippen LogP contribution in [0, 0.1) is 34.0 Å². The van der Waals surface area contributed by atoms with Gasteiger partial charge in [-0.1, -0.05) is 53.2 Å². The van der Waals surface area contributed by atoms with Crippen molar-refractivity contribution in [2.45, 2.75) is 97.9 Å². The van der Waals surface area contributed by atoms with Crippen LogP contribution in [0.15, 0.2) is 53.2 Å². The molecule has 234 valence electrons. The molecule has 3 saturated carbocycles. The number of aliphatic hydroxyl groups excluding tert-OH is 1. The number of carbonyl (C=O) groups is 2. The highest BCUT2D eigenvalue weighted by molar-refractivity contribution is 6.06. The average molecular weight is 594 g/mol. The lowest BCUT2D eigenvalue weighted by atomic mass is 9.44. The molecule has 7 nitrogen and oxygen atoms in total. The van der Waals surface area contributed by atoms with Gasteiger partial charge in [-0.25, -0.2) is 4.39 Å². The van der Waals surface area contributed by atoms with E-state index in [2.05, 4.69) is 36.6 Å². The van der Waals surface area contributed by atoms with Gasteiger partial charge in [0.15, 0.2) is 11.5 Å². The molecule has 4 aliphatic carbocycles. The van der Waals surface area contributed by atoms with Gasteiger partial charge in [-0.15, -0.1) is 0 Å². The molecular formula is C35H48FN3O4. The number of alkyl halides is 1. The van der Waals surface area contributed by atoms with Crippen molar-refractivity contribution in [2.75, 3.05) is 12.0 Å². The van der Waals surface area contributed by atoms with E-state index in [0.717, 1.165) is 11.3 Å². The van der Waals surface area contributed by atoms with Gasteiger partial charge in [-0.3, -0.25) is 15.0 Å². The second-order valence-electron chi connectivity index (χ2n) is 15.0. The average Bonchev–Trinajstić information content (AvgIpc) is 3.16. The normalized spacial score (nSPS) is 39.4. The van der Waals surface area contributed by atoms with Crippen LogP contribution in [0.25, 0.3) is 0 Å². The Morgan fingerprint density at radius 2 is 1.81 bits per heavy atom. The summed E-state index contributed by atoms with van der Waals surface area (Å²) in [5.74, 6) is -1.33. The zero-order valence-electron chi connectivity index (χ0n) is 26.6. The maximum atomic E-state index is 17.6. The predicted octanol–water partition coefficient (Wildman–Crippen LogP) is 5.99. The molecule has 8 atom stereocenters. The summed E-state index contributed by atoms with van der Waals surface area (Å²) in [5, 5.41) is 30.9. The van der Waals surface area contributed by atoms with Crippen molar-refractivity contribution in [3.63, 3.8) is 0 Å². The third-order valence-corrected chi connectivity index (χ3v) is 11.2. The van der Waals surface area contributed by atoms with Gasteiger partial charge in [0.05, 0.1) is 17.5 Å². The van der Waals surface area contributed by atoms with Gasteiger partial charge in [0, 0.05) is 35.3 Å². The Kier molecular flexibility index (Phi) is 7.82. The fraction of sp³-hybridized carbons (Fsp3) is 0.629. The molecule has 0 aliphatic heterocycles. The van der Waals surface area contributed by atoms with Gasteiger partial charge in [-0.05, 0) is 86.3 Å². The molecule has 4 aliphatic rings. The number of nitrogens with one attached hydrogen (secondary N) is 2. The van der Waals surface area contributed by atoms with Gasteiger partial charge in [0.25, 0.3) is 5.91 Å². The van der Waals surface area contributed by atoms with Crippen LogP contribution in [0.5, 0.6) is 0 Å². The number of Topliss-reactive ketones (excluding diaryl/α,β-unsaturated/α-hetero) is 1. The molecule has 0 unspecified atom stereocenters. The molecule has 1 aromatic rings. The third-order valence-electron chi connectivity index (χ3n) is 11.2. The molecule has 1 aromatic carbocycles. The van der Waals surface area contributed by atoms with E-state index < -0.39 is 34.1 Å². The standard InChI is InChI=1S/C35H48FN3O4/c1-8-28(40)35(43)21(2)17-27-26-14-11-23-18-25(15-16-32(23,6)34(26,36)29(41)19-33(27,35)7)39-38-24-12-9-22(10-13-24)30(42)37-20-31(3,4)5/h9-10,12-13,15-16,18,21,26-27,29,38,41,43H,8,11,14,17,19-20H2,1-7H3,(H,37,42)/b39-25+/t21-,26+,27+,29+,32+,33+,34+,35+/m1/s1. The molecule has 1 amide bonds. The van der Waals surface area contributed by atoms with E-state index in [0.29, 0.717) is 37.1 Å². The highest BCUT2D eigenvalue weighted by atomic mass is 19.1. The van der Waals surface area contributed by atoms with Crippen molar-refractivity contribution < 1.29 is 24.2 Å². The fourth-order valence-corrected chi connectivity index (χ4v) is 8.76. The largest absolute Gasteiger partial charge is 0.390 e. The van der Waals surface area contributed by atoms with Crippen molar-refractivity contribution in [1.82, 2.24) is 5.32 Å². The van der Waals surface area contributed by atoms with Crippen LogP contribution in [0.1, 0.15) is 90.9 Å². The zero-order chi connectivity index (χ0) is 31.6. The quantitative estimate of drug-likeness (QED) is 0.303. The second-order valence-corrected chi connectivity index (χ2v) is 15.0. The van der Waals surface area contributed by atoms with Gasteiger partial charge in [0.2, 0.25) is 0 Å². The zero-order valence-corrected chi connectivity index (χ0v) is 26.6. The van der Waals surface area contributed by atoms with Gasteiger partial charge < -0.3 is 15.5 Å². The van der Waals surface area contributed by atoms with Gasteiger partial charge in [0.1, 0.15) is 5.60 Å².